The van der Waals surface area contributed by atoms with Gasteiger partial charge in [-0.3, -0.25) is 4.90 Å². The second kappa shape index (κ2) is 5.86. The summed E-state index contributed by atoms with van der Waals surface area (Å²) in [4.78, 5) is 2.58. The molecule has 1 saturated carbocycles. The third-order valence-electron chi connectivity index (χ3n) is 4.38. The van der Waals surface area contributed by atoms with E-state index >= 15 is 0 Å². The molecule has 0 aromatic rings. The monoisotopic (exact) mass is 212 g/mol. The summed E-state index contributed by atoms with van der Waals surface area (Å²) < 4.78 is 0. The first-order valence-corrected chi connectivity index (χ1v) is 6.45. The van der Waals surface area contributed by atoms with Crippen molar-refractivity contribution in [2.75, 3.05) is 14.1 Å². The van der Waals surface area contributed by atoms with E-state index in [-0.39, 0.29) is 0 Å². The lowest BCUT2D eigenvalue weighted by atomic mass is 9.86. The molecule has 1 fully saturated rings. The minimum absolute atomic E-state index is 0.578. The normalized spacial score (nSPS) is 31.6. The van der Waals surface area contributed by atoms with Gasteiger partial charge in [0.15, 0.2) is 0 Å². The highest BCUT2D eigenvalue weighted by molar-refractivity contribution is 4.83. The van der Waals surface area contributed by atoms with Gasteiger partial charge < -0.3 is 5.32 Å². The van der Waals surface area contributed by atoms with Gasteiger partial charge >= 0.3 is 0 Å². The molecule has 1 aliphatic rings. The molecule has 0 bridgehead atoms. The summed E-state index contributed by atoms with van der Waals surface area (Å²) in [5.41, 5.74) is 0. The zero-order valence-corrected chi connectivity index (χ0v) is 11.1. The molecule has 90 valence electrons. The van der Waals surface area contributed by atoms with Gasteiger partial charge in [-0.15, -0.1) is 0 Å². The highest BCUT2D eigenvalue weighted by Crippen LogP contribution is 2.27. The van der Waals surface area contributed by atoms with Crippen LogP contribution in [0.5, 0.6) is 0 Å². The molecule has 0 aliphatic heterocycles. The number of nitrogens with zero attached hydrogens (tertiary/aromatic N) is 1. The summed E-state index contributed by atoms with van der Waals surface area (Å²) in [5, 5.41) is 3.35. The molecule has 0 radical (unpaired) electrons. The predicted octanol–water partition coefficient (Wildman–Crippen LogP) is 2.49. The van der Waals surface area contributed by atoms with Gasteiger partial charge in [0.2, 0.25) is 0 Å². The first kappa shape index (κ1) is 13.0. The molecule has 2 heteroatoms. The maximum atomic E-state index is 3.35. The molecule has 0 saturated heterocycles. The van der Waals surface area contributed by atoms with Crippen LogP contribution in [0.2, 0.25) is 0 Å². The minimum atomic E-state index is 0.578. The molecule has 0 spiro atoms. The van der Waals surface area contributed by atoms with Gasteiger partial charge in [-0.05, 0) is 59.5 Å². The summed E-state index contributed by atoms with van der Waals surface area (Å²) in [6.07, 6.45) is 5.60. The highest BCUT2D eigenvalue weighted by Gasteiger charge is 2.26. The van der Waals surface area contributed by atoms with Crippen LogP contribution >= 0.6 is 0 Å². The van der Waals surface area contributed by atoms with E-state index < -0.39 is 0 Å². The number of hydrogen-bond acceptors (Lipinski definition) is 2. The quantitative estimate of drug-likeness (QED) is 0.770. The maximum absolute atomic E-state index is 3.35. The van der Waals surface area contributed by atoms with Crippen LogP contribution in [0.1, 0.15) is 46.5 Å². The minimum Gasteiger partial charge on any atom is -0.316 e. The van der Waals surface area contributed by atoms with E-state index in [1.165, 1.54) is 25.7 Å². The molecule has 1 N–H and O–H groups in total. The van der Waals surface area contributed by atoms with Gasteiger partial charge in [-0.2, -0.15) is 0 Å². The van der Waals surface area contributed by atoms with Crippen LogP contribution in [0.25, 0.3) is 0 Å². The molecular weight excluding hydrogens is 184 g/mol. The van der Waals surface area contributed by atoms with Crippen molar-refractivity contribution in [3.8, 4) is 0 Å². The Hall–Kier alpha value is -0.0800. The van der Waals surface area contributed by atoms with Crippen molar-refractivity contribution in [2.24, 2.45) is 5.92 Å². The summed E-state index contributed by atoms with van der Waals surface area (Å²) >= 11 is 0. The van der Waals surface area contributed by atoms with Crippen molar-refractivity contribution < 1.29 is 0 Å². The van der Waals surface area contributed by atoms with Crippen molar-refractivity contribution in [2.45, 2.75) is 64.6 Å². The summed E-state index contributed by atoms with van der Waals surface area (Å²) in [6.45, 7) is 6.99. The predicted molar refractivity (Wildman–Crippen MR) is 67.2 cm³/mol. The smallest absolute Gasteiger partial charge is 0.0218 e. The number of nitrogens with one attached hydrogen (secondary N) is 1. The van der Waals surface area contributed by atoms with E-state index in [2.05, 4.69) is 45.1 Å². The third kappa shape index (κ3) is 3.46. The van der Waals surface area contributed by atoms with Crippen LogP contribution in [0, 0.1) is 5.92 Å². The van der Waals surface area contributed by atoms with Gasteiger partial charge in [-0.25, -0.2) is 0 Å². The lowest BCUT2D eigenvalue weighted by Gasteiger charge is -2.39. The zero-order valence-electron chi connectivity index (χ0n) is 11.1. The fourth-order valence-corrected chi connectivity index (χ4v) is 2.58. The molecular formula is C13H28N2. The number of rotatable bonds is 4. The fourth-order valence-electron chi connectivity index (χ4n) is 2.58. The Bertz CT molecular complexity index is 173. The second-order valence-electron chi connectivity index (χ2n) is 5.40. The lowest BCUT2D eigenvalue weighted by Crippen LogP contribution is -2.49. The van der Waals surface area contributed by atoms with Crippen molar-refractivity contribution in [3.05, 3.63) is 0 Å². The average molecular weight is 212 g/mol. The highest BCUT2D eigenvalue weighted by atomic mass is 15.2. The molecule has 1 rings (SSSR count). The van der Waals surface area contributed by atoms with E-state index in [0.717, 1.165) is 12.0 Å². The van der Waals surface area contributed by atoms with Gasteiger partial charge in [0.05, 0.1) is 0 Å². The van der Waals surface area contributed by atoms with Crippen molar-refractivity contribution in [3.63, 3.8) is 0 Å². The van der Waals surface area contributed by atoms with Crippen molar-refractivity contribution >= 4 is 0 Å². The standard InChI is InChI=1S/C13H28N2/c1-10-6-8-13(9-7-10)15(5)12(3)11(2)14-4/h10-14H,6-9H2,1-5H3. The zero-order chi connectivity index (χ0) is 11.4. The Morgan fingerprint density at radius 3 is 2.13 bits per heavy atom. The van der Waals surface area contributed by atoms with Gasteiger partial charge in [0.25, 0.3) is 0 Å². The van der Waals surface area contributed by atoms with Crippen LogP contribution in [-0.2, 0) is 0 Å². The fraction of sp³-hybridized carbons (Fsp3) is 1.00. The Labute approximate surface area is 95.4 Å². The van der Waals surface area contributed by atoms with E-state index in [4.69, 9.17) is 0 Å². The molecule has 0 heterocycles. The van der Waals surface area contributed by atoms with Crippen molar-refractivity contribution in [1.29, 1.82) is 0 Å². The van der Waals surface area contributed by atoms with Crippen LogP contribution in [0.15, 0.2) is 0 Å². The molecule has 2 atom stereocenters. The lowest BCUT2D eigenvalue weighted by molar-refractivity contribution is 0.114. The van der Waals surface area contributed by atoms with Gasteiger partial charge in [-0.1, -0.05) is 6.92 Å². The molecule has 0 amide bonds. The second-order valence-corrected chi connectivity index (χ2v) is 5.40. The molecule has 15 heavy (non-hydrogen) atoms. The maximum Gasteiger partial charge on any atom is 0.0218 e. The summed E-state index contributed by atoms with van der Waals surface area (Å²) in [7, 11) is 4.34. The summed E-state index contributed by atoms with van der Waals surface area (Å²) in [6, 6.07) is 2.02. The topological polar surface area (TPSA) is 15.3 Å². The van der Waals surface area contributed by atoms with E-state index in [9.17, 15) is 0 Å². The Balaban J connectivity index is 2.42. The number of likely N-dealkylation sites (N-methyl/N-ethyl adjacent to an activating group) is 2. The van der Waals surface area contributed by atoms with Crippen LogP contribution in [-0.4, -0.2) is 37.1 Å². The Kier molecular flexibility index (Phi) is 5.07. The Morgan fingerprint density at radius 2 is 1.67 bits per heavy atom. The van der Waals surface area contributed by atoms with Crippen molar-refractivity contribution in [1.82, 2.24) is 10.2 Å². The van der Waals surface area contributed by atoms with E-state index in [1.54, 1.807) is 0 Å². The van der Waals surface area contributed by atoms with Crippen LogP contribution < -0.4 is 5.32 Å². The van der Waals surface area contributed by atoms with E-state index in [1.807, 2.05) is 0 Å². The van der Waals surface area contributed by atoms with Crippen LogP contribution in [0.4, 0.5) is 0 Å². The SMILES string of the molecule is CNC(C)C(C)N(C)C1CCC(C)CC1. The summed E-state index contributed by atoms with van der Waals surface area (Å²) in [5.74, 6) is 0.951. The largest absolute Gasteiger partial charge is 0.316 e. The molecule has 0 aromatic heterocycles. The molecule has 1 aliphatic carbocycles. The van der Waals surface area contributed by atoms with Crippen LogP contribution in [0.3, 0.4) is 0 Å². The average Bonchev–Trinajstić information content (AvgIpc) is 2.27. The molecule has 2 nitrogen and oxygen atoms in total. The first-order valence-electron chi connectivity index (χ1n) is 6.45. The number of hydrogen-bond donors (Lipinski definition) is 1. The molecule has 2 unspecified atom stereocenters. The first-order chi connectivity index (χ1) is 7.06. The third-order valence-corrected chi connectivity index (χ3v) is 4.38. The van der Waals surface area contributed by atoms with Gasteiger partial charge in [0.1, 0.15) is 0 Å². The van der Waals surface area contributed by atoms with Gasteiger partial charge in [0, 0.05) is 18.1 Å². The van der Waals surface area contributed by atoms with E-state index in [0.29, 0.717) is 12.1 Å². The molecule has 0 aromatic carbocycles. The Morgan fingerprint density at radius 1 is 1.13 bits per heavy atom.